The highest BCUT2D eigenvalue weighted by atomic mass is 16.5. The van der Waals surface area contributed by atoms with Crippen molar-refractivity contribution in [3.63, 3.8) is 0 Å². The van der Waals surface area contributed by atoms with Crippen LogP contribution in [-0.4, -0.2) is 47.2 Å². The largest absolute Gasteiger partial charge is 0.386 e. The highest BCUT2D eigenvalue weighted by Crippen LogP contribution is 2.36. The minimum Gasteiger partial charge on any atom is -0.386 e. The Kier molecular flexibility index (Phi) is 8.62. The van der Waals surface area contributed by atoms with Crippen molar-refractivity contribution in [2.24, 2.45) is 10.5 Å². The maximum absolute atomic E-state index is 11.0. The smallest absolute Gasteiger partial charge is 0.103 e. The van der Waals surface area contributed by atoms with E-state index >= 15 is 0 Å². The molecule has 1 aliphatic rings. The number of hydrazone groups is 1. The lowest BCUT2D eigenvalue weighted by atomic mass is 9.77. The van der Waals surface area contributed by atoms with Crippen LogP contribution >= 0.6 is 0 Å². The first-order valence-corrected chi connectivity index (χ1v) is 10.1. The van der Waals surface area contributed by atoms with Gasteiger partial charge in [-0.2, -0.15) is 5.10 Å². The van der Waals surface area contributed by atoms with Gasteiger partial charge in [-0.3, -0.25) is 5.01 Å². The van der Waals surface area contributed by atoms with Gasteiger partial charge in [-0.1, -0.05) is 47.1 Å². The zero-order valence-electron chi connectivity index (χ0n) is 17.3. The van der Waals surface area contributed by atoms with Crippen LogP contribution < -0.4 is 0 Å². The predicted octanol–water partition coefficient (Wildman–Crippen LogP) is 4.78. The van der Waals surface area contributed by atoms with Crippen molar-refractivity contribution >= 4 is 5.71 Å². The van der Waals surface area contributed by atoms with Crippen LogP contribution in [0, 0.1) is 5.41 Å². The van der Waals surface area contributed by atoms with Crippen LogP contribution in [-0.2, 0) is 4.74 Å². The van der Waals surface area contributed by atoms with Gasteiger partial charge in [-0.05, 0) is 38.5 Å². The van der Waals surface area contributed by atoms with Crippen LogP contribution in [0.4, 0.5) is 0 Å². The van der Waals surface area contributed by atoms with E-state index in [1.54, 1.807) is 0 Å². The number of hydrogen-bond acceptors (Lipinski definition) is 4. The molecule has 0 aromatic rings. The molecule has 0 radical (unpaired) electrons. The molecule has 0 spiro atoms. The fourth-order valence-corrected chi connectivity index (χ4v) is 4.31. The Morgan fingerprint density at radius 2 is 2.00 bits per heavy atom. The molecule has 1 aliphatic heterocycles. The topological polar surface area (TPSA) is 45.1 Å². The van der Waals surface area contributed by atoms with Crippen LogP contribution in [0.25, 0.3) is 0 Å². The maximum atomic E-state index is 11.0. The summed E-state index contributed by atoms with van der Waals surface area (Å²) in [5.41, 5.74) is 0.377. The molecule has 1 heterocycles. The number of aliphatic hydroxyl groups excluding tert-OH is 1. The van der Waals surface area contributed by atoms with Crippen LogP contribution in [0.5, 0.6) is 0 Å². The standard InChI is InChI=1S/C21H40N2O2/c1-8-15-20(6,10-3)19(24)17(9-2)22-23-16-13-14-18(23)21(11-4,12-5)25-7/h10,18-19,24H,3,8-9,11-16H2,1-2,4-7H3/b22-17+/t18-,19-,20-/m0/s1. The molecule has 0 amide bonds. The molecule has 4 nitrogen and oxygen atoms in total. The third-order valence-corrected chi connectivity index (χ3v) is 6.25. The monoisotopic (exact) mass is 352 g/mol. The number of ether oxygens (including phenoxy) is 1. The second-order valence-electron chi connectivity index (χ2n) is 7.60. The molecule has 0 aliphatic carbocycles. The van der Waals surface area contributed by atoms with Gasteiger partial charge in [0.2, 0.25) is 0 Å². The Labute approximate surface area is 155 Å². The molecule has 0 bridgehead atoms. The average Bonchev–Trinajstić information content (AvgIpc) is 3.10. The summed E-state index contributed by atoms with van der Waals surface area (Å²) in [5, 5.41) is 18.2. The van der Waals surface area contributed by atoms with E-state index in [0.29, 0.717) is 0 Å². The lowest BCUT2D eigenvalue weighted by Crippen LogP contribution is -2.49. The first-order valence-electron chi connectivity index (χ1n) is 10.1. The van der Waals surface area contributed by atoms with Gasteiger partial charge in [0.15, 0.2) is 0 Å². The van der Waals surface area contributed by atoms with Gasteiger partial charge in [0.25, 0.3) is 0 Å². The molecule has 1 saturated heterocycles. The second-order valence-corrected chi connectivity index (χ2v) is 7.60. The Balaban J connectivity index is 3.12. The molecule has 1 fully saturated rings. The predicted molar refractivity (Wildman–Crippen MR) is 107 cm³/mol. The van der Waals surface area contributed by atoms with Crippen molar-refractivity contribution in [2.75, 3.05) is 13.7 Å². The highest BCUT2D eigenvalue weighted by Gasteiger charge is 2.42. The molecule has 25 heavy (non-hydrogen) atoms. The van der Waals surface area contributed by atoms with Crippen LogP contribution in [0.3, 0.4) is 0 Å². The van der Waals surface area contributed by atoms with Crippen molar-refractivity contribution in [2.45, 2.75) is 97.3 Å². The molecule has 0 aromatic heterocycles. The van der Waals surface area contributed by atoms with Gasteiger partial charge in [0.1, 0.15) is 6.10 Å². The molecule has 0 saturated carbocycles. The van der Waals surface area contributed by atoms with Crippen molar-refractivity contribution in [1.29, 1.82) is 0 Å². The minimum absolute atomic E-state index is 0.158. The van der Waals surface area contributed by atoms with Crippen LogP contribution in [0.2, 0.25) is 0 Å². The van der Waals surface area contributed by atoms with Gasteiger partial charge >= 0.3 is 0 Å². The summed E-state index contributed by atoms with van der Waals surface area (Å²) in [6, 6.07) is 0.280. The number of methoxy groups -OCH3 is 1. The lowest BCUT2D eigenvalue weighted by Gasteiger charge is -2.41. The fourth-order valence-electron chi connectivity index (χ4n) is 4.31. The molecule has 1 rings (SSSR count). The van der Waals surface area contributed by atoms with E-state index in [2.05, 4.69) is 46.2 Å². The van der Waals surface area contributed by atoms with E-state index in [1.807, 2.05) is 13.2 Å². The molecular weight excluding hydrogens is 312 g/mol. The Morgan fingerprint density at radius 3 is 2.44 bits per heavy atom. The summed E-state index contributed by atoms with van der Waals surface area (Å²) in [6.07, 6.45) is 8.15. The maximum Gasteiger partial charge on any atom is 0.103 e. The van der Waals surface area contributed by atoms with Crippen molar-refractivity contribution < 1.29 is 9.84 Å². The quantitative estimate of drug-likeness (QED) is 0.430. The zero-order chi connectivity index (χ0) is 19.1. The molecule has 1 N–H and O–H groups in total. The zero-order valence-corrected chi connectivity index (χ0v) is 17.3. The highest BCUT2D eigenvalue weighted by molar-refractivity contribution is 5.89. The van der Waals surface area contributed by atoms with E-state index in [-0.39, 0.29) is 17.1 Å². The molecule has 4 heteroatoms. The van der Waals surface area contributed by atoms with Crippen molar-refractivity contribution in [3.05, 3.63) is 12.7 Å². The first-order chi connectivity index (χ1) is 11.9. The fraction of sp³-hybridized carbons (Fsp3) is 0.857. The van der Waals surface area contributed by atoms with Gasteiger partial charge in [-0.25, -0.2) is 0 Å². The number of aliphatic hydroxyl groups is 1. The third-order valence-electron chi connectivity index (χ3n) is 6.25. The normalized spacial score (nSPS) is 22.8. The third kappa shape index (κ3) is 4.65. The minimum atomic E-state index is -0.587. The Hall–Kier alpha value is -0.870. The lowest BCUT2D eigenvalue weighted by molar-refractivity contribution is -0.0735. The molecule has 0 aromatic carbocycles. The van der Waals surface area contributed by atoms with Crippen LogP contribution in [0.1, 0.15) is 79.6 Å². The van der Waals surface area contributed by atoms with Gasteiger partial charge in [-0.15, -0.1) is 6.58 Å². The Bertz CT molecular complexity index is 437. The van der Waals surface area contributed by atoms with Crippen molar-refractivity contribution in [3.8, 4) is 0 Å². The van der Waals surface area contributed by atoms with Gasteiger partial charge in [0.05, 0.1) is 17.4 Å². The number of rotatable bonds is 11. The summed E-state index contributed by atoms with van der Waals surface area (Å²) >= 11 is 0. The SMILES string of the molecule is C=C[C@@](C)(CCC)[C@@H](O)/C(CC)=N/N1CCC[C@H]1C(CC)(CC)OC. The molecule has 146 valence electrons. The Morgan fingerprint density at radius 1 is 1.36 bits per heavy atom. The number of hydrogen-bond donors (Lipinski definition) is 1. The van der Waals surface area contributed by atoms with Gasteiger partial charge < -0.3 is 9.84 Å². The summed E-state index contributed by atoms with van der Waals surface area (Å²) in [7, 11) is 1.82. The average molecular weight is 353 g/mol. The molecular formula is C21H40N2O2. The first kappa shape index (κ1) is 22.2. The molecule has 3 atom stereocenters. The van der Waals surface area contributed by atoms with Crippen molar-refractivity contribution in [1.82, 2.24) is 5.01 Å². The second kappa shape index (κ2) is 9.72. The van der Waals surface area contributed by atoms with E-state index < -0.39 is 6.10 Å². The van der Waals surface area contributed by atoms with E-state index in [4.69, 9.17) is 9.84 Å². The van der Waals surface area contributed by atoms with E-state index in [1.165, 1.54) is 0 Å². The summed E-state index contributed by atoms with van der Waals surface area (Å²) < 4.78 is 5.96. The van der Waals surface area contributed by atoms with Crippen LogP contribution in [0.15, 0.2) is 17.8 Å². The number of nitrogens with zero attached hydrogens (tertiary/aromatic N) is 2. The summed E-state index contributed by atoms with van der Waals surface area (Å²) in [5.74, 6) is 0. The van der Waals surface area contributed by atoms with E-state index in [9.17, 15) is 5.11 Å². The van der Waals surface area contributed by atoms with E-state index in [0.717, 1.165) is 57.2 Å². The summed E-state index contributed by atoms with van der Waals surface area (Å²) in [4.78, 5) is 0. The van der Waals surface area contributed by atoms with Gasteiger partial charge in [0, 0.05) is 19.1 Å². The molecule has 0 unspecified atom stereocenters. The summed E-state index contributed by atoms with van der Waals surface area (Å²) in [6.45, 7) is 15.6.